The Morgan fingerprint density at radius 1 is 1.38 bits per heavy atom. The van der Waals surface area contributed by atoms with Crippen LogP contribution in [-0.2, 0) is 4.79 Å². The molecule has 0 bridgehead atoms. The highest BCUT2D eigenvalue weighted by Gasteiger charge is 2.24. The number of rotatable bonds is 2. The van der Waals surface area contributed by atoms with Crippen LogP contribution < -0.4 is 0 Å². The molecule has 1 aromatic rings. The molecule has 0 fully saturated rings. The highest BCUT2D eigenvalue weighted by Crippen LogP contribution is 2.18. The van der Waals surface area contributed by atoms with Gasteiger partial charge >= 0.3 is 5.97 Å². The third-order valence-corrected chi connectivity index (χ3v) is 2.43. The number of halogens is 2. The van der Waals surface area contributed by atoms with E-state index in [0.29, 0.717) is 12.8 Å². The minimum absolute atomic E-state index is 0. The van der Waals surface area contributed by atoms with Crippen molar-refractivity contribution in [2.75, 3.05) is 0 Å². The Balaban J connectivity index is 0.00000128. The van der Waals surface area contributed by atoms with E-state index in [2.05, 4.69) is 4.99 Å². The summed E-state index contributed by atoms with van der Waals surface area (Å²) >= 11 is 0. The SMILES string of the molecule is Cl.O=C(O)C1CCC(c2ccc(F)cc2)=N1. The molecule has 16 heavy (non-hydrogen) atoms. The number of carboxylic acid groups (broad SMARTS) is 1. The van der Waals surface area contributed by atoms with Gasteiger partial charge in [0.15, 0.2) is 0 Å². The summed E-state index contributed by atoms with van der Waals surface area (Å²) in [4.78, 5) is 14.7. The molecular formula is C11H11ClFNO2. The quantitative estimate of drug-likeness (QED) is 0.866. The lowest BCUT2D eigenvalue weighted by Crippen LogP contribution is -2.13. The van der Waals surface area contributed by atoms with E-state index < -0.39 is 12.0 Å². The van der Waals surface area contributed by atoms with Gasteiger partial charge in [-0.25, -0.2) is 9.18 Å². The number of carbonyl (C=O) groups is 1. The Hall–Kier alpha value is -1.42. The van der Waals surface area contributed by atoms with Crippen molar-refractivity contribution in [1.82, 2.24) is 0 Å². The van der Waals surface area contributed by atoms with Gasteiger partial charge in [0.2, 0.25) is 0 Å². The zero-order valence-electron chi connectivity index (χ0n) is 8.39. The van der Waals surface area contributed by atoms with Crippen molar-refractivity contribution in [2.45, 2.75) is 18.9 Å². The van der Waals surface area contributed by atoms with E-state index >= 15 is 0 Å². The molecule has 5 heteroatoms. The van der Waals surface area contributed by atoms with Crippen molar-refractivity contribution < 1.29 is 14.3 Å². The van der Waals surface area contributed by atoms with Crippen LogP contribution >= 0.6 is 12.4 Å². The van der Waals surface area contributed by atoms with Crippen molar-refractivity contribution in [3.8, 4) is 0 Å². The van der Waals surface area contributed by atoms with Gasteiger partial charge in [-0.05, 0) is 30.5 Å². The maximum atomic E-state index is 12.6. The molecular weight excluding hydrogens is 233 g/mol. The summed E-state index contributed by atoms with van der Waals surface area (Å²) in [7, 11) is 0. The minimum Gasteiger partial charge on any atom is -0.480 e. The lowest BCUT2D eigenvalue weighted by atomic mass is 10.1. The van der Waals surface area contributed by atoms with E-state index in [-0.39, 0.29) is 18.2 Å². The van der Waals surface area contributed by atoms with Crippen LogP contribution in [0.3, 0.4) is 0 Å². The predicted molar refractivity (Wildman–Crippen MR) is 60.8 cm³/mol. The largest absolute Gasteiger partial charge is 0.480 e. The molecule has 1 heterocycles. The van der Waals surface area contributed by atoms with Crippen LogP contribution in [0.2, 0.25) is 0 Å². The van der Waals surface area contributed by atoms with Crippen molar-refractivity contribution in [3.05, 3.63) is 35.6 Å². The fourth-order valence-corrected chi connectivity index (χ4v) is 1.63. The Kier molecular flexibility index (Phi) is 4.01. The summed E-state index contributed by atoms with van der Waals surface area (Å²) in [6.07, 6.45) is 1.17. The average molecular weight is 244 g/mol. The second-order valence-corrected chi connectivity index (χ2v) is 3.48. The molecule has 1 aliphatic rings. The number of aliphatic carboxylic acids is 1. The third-order valence-electron chi connectivity index (χ3n) is 2.43. The fraction of sp³-hybridized carbons (Fsp3) is 0.273. The molecule has 0 saturated heterocycles. The molecule has 3 nitrogen and oxygen atoms in total. The lowest BCUT2D eigenvalue weighted by molar-refractivity contribution is -0.138. The summed E-state index contributed by atoms with van der Waals surface area (Å²) in [6, 6.07) is 5.32. The lowest BCUT2D eigenvalue weighted by Gasteiger charge is -1.98. The summed E-state index contributed by atoms with van der Waals surface area (Å²) in [5, 5.41) is 8.75. The van der Waals surface area contributed by atoms with Crippen LogP contribution in [-0.4, -0.2) is 22.8 Å². The van der Waals surface area contributed by atoms with Gasteiger partial charge in [-0.15, -0.1) is 12.4 Å². The van der Waals surface area contributed by atoms with Crippen LogP contribution in [0.15, 0.2) is 29.3 Å². The van der Waals surface area contributed by atoms with Crippen molar-refractivity contribution in [2.24, 2.45) is 4.99 Å². The van der Waals surface area contributed by atoms with Gasteiger partial charge in [-0.1, -0.05) is 12.1 Å². The molecule has 0 aromatic heterocycles. The Morgan fingerprint density at radius 2 is 2.00 bits per heavy atom. The summed E-state index contributed by atoms with van der Waals surface area (Å²) in [5.41, 5.74) is 1.56. The zero-order valence-corrected chi connectivity index (χ0v) is 9.21. The number of carboxylic acids is 1. The molecule has 86 valence electrons. The van der Waals surface area contributed by atoms with Crippen LogP contribution in [0.25, 0.3) is 0 Å². The van der Waals surface area contributed by atoms with E-state index in [1.54, 1.807) is 12.1 Å². The van der Waals surface area contributed by atoms with E-state index in [1.807, 2.05) is 0 Å². The van der Waals surface area contributed by atoms with Crippen LogP contribution in [0.1, 0.15) is 18.4 Å². The second kappa shape index (κ2) is 5.07. The standard InChI is InChI=1S/C11H10FNO2.ClH/c12-8-3-1-7(2-4-8)9-5-6-10(13-9)11(14)15;/h1-4,10H,5-6H2,(H,14,15);1H. The molecule has 0 saturated carbocycles. The highest BCUT2D eigenvalue weighted by molar-refractivity contribution is 6.03. The summed E-state index contributed by atoms with van der Waals surface area (Å²) < 4.78 is 12.6. The van der Waals surface area contributed by atoms with Gasteiger partial charge in [-0.2, -0.15) is 0 Å². The van der Waals surface area contributed by atoms with Crippen LogP contribution in [0, 0.1) is 5.82 Å². The number of benzene rings is 1. The van der Waals surface area contributed by atoms with Crippen molar-refractivity contribution in [1.29, 1.82) is 0 Å². The van der Waals surface area contributed by atoms with Gasteiger partial charge in [0, 0.05) is 5.71 Å². The Labute approximate surface area is 98.4 Å². The van der Waals surface area contributed by atoms with E-state index in [4.69, 9.17) is 5.11 Å². The Bertz CT molecular complexity index is 416. The van der Waals surface area contributed by atoms with Crippen LogP contribution in [0.5, 0.6) is 0 Å². The van der Waals surface area contributed by atoms with Crippen LogP contribution in [0.4, 0.5) is 4.39 Å². The molecule has 0 amide bonds. The van der Waals surface area contributed by atoms with Crippen molar-refractivity contribution in [3.63, 3.8) is 0 Å². The van der Waals surface area contributed by atoms with E-state index in [1.165, 1.54) is 12.1 Å². The summed E-state index contributed by atoms with van der Waals surface area (Å²) in [5.74, 6) is -1.20. The van der Waals surface area contributed by atoms with Gasteiger partial charge < -0.3 is 5.11 Å². The zero-order chi connectivity index (χ0) is 10.8. The van der Waals surface area contributed by atoms with Crippen molar-refractivity contribution >= 4 is 24.1 Å². The number of nitrogens with zero attached hydrogens (tertiary/aromatic N) is 1. The molecule has 1 unspecified atom stereocenters. The first kappa shape index (κ1) is 12.6. The van der Waals surface area contributed by atoms with Gasteiger partial charge in [0.1, 0.15) is 11.9 Å². The average Bonchev–Trinajstić information content (AvgIpc) is 2.68. The third kappa shape index (κ3) is 2.58. The Morgan fingerprint density at radius 3 is 2.50 bits per heavy atom. The summed E-state index contributed by atoms with van der Waals surface area (Å²) in [6.45, 7) is 0. The van der Waals surface area contributed by atoms with Gasteiger partial charge in [-0.3, -0.25) is 4.99 Å². The first-order valence-corrected chi connectivity index (χ1v) is 4.72. The number of hydrogen-bond acceptors (Lipinski definition) is 2. The molecule has 0 aliphatic carbocycles. The van der Waals surface area contributed by atoms with E-state index in [9.17, 15) is 9.18 Å². The highest BCUT2D eigenvalue weighted by atomic mass is 35.5. The van der Waals surface area contributed by atoms with E-state index in [0.717, 1.165) is 11.3 Å². The normalized spacial score (nSPS) is 18.8. The predicted octanol–water partition coefficient (Wildman–Crippen LogP) is 2.28. The maximum absolute atomic E-state index is 12.6. The molecule has 1 atom stereocenters. The molecule has 2 rings (SSSR count). The molecule has 1 N–H and O–H groups in total. The second-order valence-electron chi connectivity index (χ2n) is 3.48. The minimum atomic E-state index is -0.896. The molecule has 0 radical (unpaired) electrons. The number of hydrogen-bond donors (Lipinski definition) is 1. The van der Waals surface area contributed by atoms with Gasteiger partial charge in [0.25, 0.3) is 0 Å². The number of aliphatic imine (C=N–C) groups is 1. The molecule has 1 aromatic carbocycles. The monoisotopic (exact) mass is 243 g/mol. The first-order valence-electron chi connectivity index (χ1n) is 4.72. The maximum Gasteiger partial charge on any atom is 0.328 e. The molecule has 0 spiro atoms. The topological polar surface area (TPSA) is 49.7 Å². The van der Waals surface area contributed by atoms with Gasteiger partial charge in [0.05, 0.1) is 0 Å². The first-order chi connectivity index (χ1) is 7.16. The smallest absolute Gasteiger partial charge is 0.328 e. The molecule has 1 aliphatic heterocycles. The fourth-order valence-electron chi connectivity index (χ4n) is 1.63.